The third-order valence-corrected chi connectivity index (χ3v) is 7.19. The molecule has 20 heavy (non-hydrogen) atoms. The number of hydrogen-bond acceptors (Lipinski definition) is 2. The summed E-state index contributed by atoms with van der Waals surface area (Å²) in [7, 11) is 0. The highest BCUT2D eigenvalue weighted by molar-refractivity contribution is 7.10. The predicted octanol–water partition coefficient (Wildman–Crippen LogP) is 5.03. The molecule has 3 saturated carbocycles. The molecule has 2 heteroatoms. The summed E-state index contributed by atoms with van der Waals surface area (Å²) in [6.07, 6.45) is 2.86. The van der Waals surface area contributed by atoms with Crippen LogP contribution in [0.4, 0.5) is 0 Å². The van der Waals surface area contributed by atoms with Gasteiger partial charge in [-0.25, -0.2) is 0 Å². The van der Waals surface area contributed by atoms with Crippen LogP contribution >= 0.6 is 11.3 Å². The summed E-state index contributed by atoms with van der Waals surface area (Å²) in [4.78, 5) is 1.50. The minimum absolute atomic E-state index is 0.603. The van der Waals surface area contributed by atoms with E-state index in [2.05, 4.69) is 51.4 Å². The first-order valence-corrected chi connectivity index (χ1v) is 9.08. The summed E-state index contributed by atoms with van der Waals surface area (Å²) >= 11 is 1.92. The van der Waals surface area contributed by atoms with Crippen molar-refractivity contribution >= 4 is 11.3 Å². The van der Waals surface area contributed by atoms with Crippen LogP contribution in [0.25, 0.3) is 0 Å². The van der Waals surface area contributed by atoms with E-state index in [0.717, 1.165) is 30.3 Å². The summed E-state index contributed by atoms with van der Waals surface area (Å²) in [5, 5.41) is 6.17. The standard InChI is InChI=1S/C18H29NS/c1-11(2)13-6-15(20-10-13)9-19-17-8-14-7-16(12(17)3)18(14,4)5/h6,10-12,14,16-17,19H,7-9H2,1-5H3/t12-,14?,16-,17-/m1/s1. The molecule has 4 rings (SSSR count). The van der Waals surface area contributed by atoms with Gasteiger partial charge in [0.2, 0.25) is 0 Å². The second-order valence-electron chi connectivity index (χ2n) is 7.94. The molecule has 1 heterocycles. The summed E-state index contributed by atoms with van der Waals surface area (Å²) in [5.74, 6) is 3.38. The van der Waals surface area contributed by atoms with Gasteiger partial charge >= 0.3 is 0 Å². The lowest BCUT2D eigenvalue weighted by Gasteiger charge is -2.62. The van der Waals surface area contributed by atoms with Crippen LogP contribution in [0.1, 0.15) is 63.8 Å². The molecule has 3 fully saturated rings. The Balaban J connectivity index is 1.57. The molecule has 0 spiro atoms. The van der Waals surface area contributed by atoms with Crippen LogP contribution in [0, 0.1) is 23.2 Å². The van der Waals surface area contributed by atoms with Crippen LogP contribution in [-0.2, 0) is 6.54 Å². The molecule has 0 saturated heterocycles. The quantitative estimate of drug-likeness (QED) is 0.820. The van der Waals surface area contributed by atoms with Gasteiger partial charge in [0, 0.05) is 17.5 Å². The van der Waals surface area contributed by atoms with E-state index >= 15 is 0 Å². The van der Waals surface area contributed by atoms with Crippen LogP contribution in [-0.4, -0.2) is 6.04 Å². The van der Waals surface area contributed by atoms with Gasteiger partial charge in [0.25, 0.3) is 0 Å². The van der Waals surface area contributed by atoms with Gasteiger partial charge in [0.1, 0.15) is 0 Å². The Morgan fingerprint density at radius 1 is 1.35 bits per heavy atom. The predicted molar refractivity (Wildman–Crippen MR) is 88.2 cm³/mol. The van der Waals surface area contributed by atoms with Gasteiger partial charge in [-0.3, -0.25) is 0 Å². The topological polar surface area (TPSA) is 12.0 Å². The maximum absolute atomic E-state index is 3.85. The molecular formula is C18H29NS. The molecule has 1 nitrogen and oxygen atoms in total. The van der Waals surface area contributed by atoms with E-state index in [0.29, 0.717) is 11.3 Å². The lowest BCUT2D eigenvalue weighted by molar-refractivity contribution is -0.115. The van der Waals surface area contributed by atoms with E-state index < -0.39 is 0 Å². The second kappa shape index (κ2) is 5.14. The summed E-state index contributed by atoms with van der Waals surface area (Å²) < 4.78 is 0. The number of thiophene rings is 1. The molecule has 0 aromatic carbocycles. The van der Waals surface area contributed by atoms with Gasteiger partial charge in [-0.05, 0) is 58.9 Å². The van der Waals surface area contributed by atoms with Crippen molar-refractivity contribution in [1.29, 1.82) is 0 Å². The molecule has 4 atom stereocenters. The maximum atomic E-state index is 3.85. The highest BCUT2D eigenvalue weighted by atomic mass is 32.1. The average molecular weight is 292 g/mol. The van der Waals surface area contributed by atoms with Gasteiger partial charge in [-0.15, -0.1) is 11.3 Å². The van der Waals surface area contributed by atoms with Crippen molar-refractivity contribution in [3.63, 3.8) is 0 Å². The summed E-state index contributed by atoms with van der Waals surface area (Å²) in [5.41, 5.74) is 2.10. The fourth-order valence-corrected chi connectivity index (χ4v) is 5.44. The molecule has 112 valence electrons. The molecule has 1 aromatic rings. The van der Waals surface area contributed by atoms with E-state index in [1.807, 2.05) is 11.3 Å². The lowest BCUT2D eigenvalue weighted by atomic mass is 9.45. The summed E-state index contributed by atoms with van der Waals surface area (Å²) in [6.45, 7) is 13.0. The van der Waals surface area contributed by atoms with Crippen molar-refractivity contribution in [1.82, 2.24) is 5.32 Å². The number of hydrogen-bond donors (Lipinski definition) is 1. The Kier molecular flexibility index (Phi) is 3.75. The Bertz CT molecular complexity index is 474. The minimum atomic E-state index is 0.603. The molecule has 0 aliphatic heterocycles. The van der Waals surface area contributed by atoms with Gasteiger partial charge in [-0.2, -0.15) is 0 Å². The molecule has 1 unspecified atom stereocenters. The van der Waals surface area contributed by atoms with Crippen molar-refractivity contribution in [3.05, 3.63) is 21.9 Å². The molecule has 1 N–H and O–H groups in total. The molecule has 0 radical (unpaired) electrons. The van der Waals surface area contributed by atoms with E-state index in [1.54, 1.807) is 0 Å². The number of nitrogens with one attached hydrogen (secondary N) is 1. The van der Waals surface area contributed by atoms with Crippen molar-refractivity contribution in [2.24, 2.45) is 23.2 Å². The van der Waals surface area contributed by atoms with Crippen LogP contribution in [0.15, 0.2) is 11.4 Å². The van der Waals surface area contributed by atoms with Crippen LogP contribution in [0.3, 0.4) is 0 Å². The largest absolute Gasteiger partial charge is 0.309 e. The van der Waals surface area contributed by atoms with Crippen molar-refractivity contribution in [2.75, 3.05) is 0 Å². The van der Waals surface area contributed by atoms with E-state index in [-0.39, 0.29) is 0 Å². The fraction of sp³-hybridized carbons (Fsp3) is 0.778. The van der Waals surface area contributed by atoms with Crippen molar-refractivity contribution in [3.8, 4) is 0 Å². The van der Waals surface area contributed by atoms with E-state index in [1.165, 1.54) is 23.3 Å². The van der Waals surface area contributed by atoms with Crippen LogP contribution < -0.4 is 5.32 Å². The Labute approximate surface area is 128 Å². The van der Waals surface area contributed by atoms with Crippen LogP contribution in [0.2, 0.25) is 0 Å². The number of rotatable bonds is 4. The van der Waals surface area contributed by atoms with Gasteiger partial charge in [-0.1, -0.05) is 34.6 Å². The maximum Gasteiger partial charge on any atom is 0.0302 e. The molecule has 3 aliphatic carbocycles. The van der Waals surface area contributed by atoms with Gasteiger partial charge in [0.15, 0.2) is 0 Å². The minimum Gasteiger partial charge on any atom is -0.309 e. The van der Waals surface area contributed by atoms with Crippen molar-refractivity contribution in [2.45, 2.75) is 66.0 Å². The Morgan fingerprint density at radius 2 is 2.10 bits per heavy atom. The highest BCUT2D eigenvalue weighted by Gasteiger charge is 2.55. The van der Waals surface area contributed by atoms with E-state index in [4.69, 9.17) is 0 Å². The molecule has 1 aromatic heterocycles. The molecule has 0 amide bonds. The van der Waals surface area contributed by atoms with Gasteiger partial charge < -0.3 is 5.32 Å². The lowest BCUT2D eigenvalue weighted by Crippen LogP contribution is -2.59. The monoisotopic (exact) mass is 291 g/mol. The van der Waals surface area contributed by atoms with Crippen molar-refractivity contribution < 1.29 is 0 Å². The van der Waals surface area contributed by atoms with E-state index in [9.17, 15) is 0 Å². The normalized spacial score (nSPS) is 35.1. The highest BCUT2D eigenvalue weighted by Crippen LogP contribution is 2.61. The first-order valence-electron chi connectivity index (χ1n) is 8.20. The zero-order valence-electron chi connectivity index (χ0n) is 13.6. The third-order valence-electron chi connectivity index (χ3n) is 6.23. The smallest absolute Gasteiger partial charge is 0.0302 e. The average Bonchev–Trinajstić information content (AvgIpc) is 2.85. The zero-order chi connectivity index (χ0) is 14.5. The Hall–Kier alpha value is -0.340. The van der Waals surface area contributed by atoms with Crippen LogP contribution in [0.5, 0.6) is 0 Å². The molecule has 3 aliphatic rings. The number of fused-ring (bicyclic) bond motifs is 2. The Morgan fingerprint density at radius 3 is 2.65 bits per heavy atom. The summed E-state index contributed by atoms with van der Waals surface area (Å²) in [6, 6.07) is 3.12. The first kappa shape index (κ1) is 14.6. The molecule has 2 bridgehead atoms. The van der Waals surface area contributed by atoms with Gasteiger partial charge in [0.05, 0.1) is 0 Å². The zero-order valence-corrected chi connectivity index (χ0v) is 14.4. The third kappa shape index (κ3) is 2.35. The SMILES string of the molecule is CC(C)c1csc(CN[C@@H]2CC3C[C@H]([C@H]2C)C3(C)C)c1. The fourth-order valence-electron chi connectivity index (χ4n) is 4.44. The second-order valence-corrected chi connectivity index (χ2v) is 8.94. The molecular weight excluding hydrogens is 262 g/mol. The first-order chi connectivity index (χ1) is 9.39.